The summed E-state index contributed by atoms with van der Waals surface area (Å²) < 4.78 is 0. The smallest absolute Gasteiger partial charge is 0.251 e. The van der Waals surface area contributed by atoms with Gasteiger partial charge in [-0.15, -0.1) is 0 Å². The normalized spacial score (nSPS) is 13.9. The number of rotatable bonds is 10. The molecule has 0 spiro atoms. The summed E-state index contributed by atoms with van der Waals surface area (Å²) in [5, 5.41) is 3.75. The molecule has 2 heterocycles. The number of amides is 1. The number of hydrogen-bond donors (Lipinski definition) is 1. The van der Waals surface area contributed by atoms with Crippen molar-refractivity contribution < 1.29 is 4.79 Å². The summed E-state index contributed by atoms with van der Waals surface area (Å²) in [5.41, 5.74) is 5.13. The van der Waals surface area contributed by atoms with E-state index in [-0.39, 0.29) is 5.91 Å². The minimum Gasteiger partial charge on any atom is -0.354 e. The average molecular weight is 552 g/mol. The van der Waals surface area contributed by atoms with Gasteiger partial charge in [-0.2, -0.15) is 0 Å². The molecule has 1 aliphatic heterocycles. The predicted molar refractivity (Wildman–Crippen MR) is 165 cm³/mol. The lowest BCUT2D eigenvalue weighted by Crippen LogP contribution is -2.46. The van der Waals surface area contributed by atoms with Gasteiger partial charge in [0, 0.05) is 62.2 Å². The van der Waals surface area contributed by atoms with Crippen LogP contribution in [0.1, 0.15) is 35.3 Å². The molecule has 0 aliphatic carbocycles. The van der Waals surface area contributed by atoms with Gasteiger partial charge in [-0.05, 0) is 29.2 Å². The number of nitrogens with zero attached hydrogens (tertiary/aromatic N) is 4. The fourth-order valence-corrected chi connectivity index (χ4v) is 5.52. The number of hydrogen-bond acceptors (Lipinski definition) is 6. The lowest BCUT2D eigenvalue weighted by molar-refractivity contribution is 0.0949. The Morgan fingerprint density at radius 2 is 1.55 bits per heavy atom. The maximum Gasteiger partial charge on any atom is 0.251 e. The van der Waals surface area contributed by atoms with Crippen LogP contribution in [0.5, 0.6) is 0 Å². The molecule has 206 valence electrons. The first-order chi connectivity index (χ1) is 19.5. The predicted octanol–water partition coefficient (Wildman–Crippen LogP) is 6.14. The molecule has 40 heavy (non-hydrogen) atoms. The maximum absolute atomic E-state index is 12.6. The minimum absolute atomic E-state index is 0.0310. The number of thioether (sulfide) groups is 1. The van der Waals surface area contributed by atoms with Crippen molar-refractivity contribution in [3.63, 3.8) is 0 Å². The molecule has 1 aromatic heterocycles. The van der Waals surface area contributed by atoms with Gasteiger partial charge in [-0.3, -0.25) is 9.69 Å². The fourth-order valence-electron chi connectivity index (χ4n) is 4.72. The van der Waals surface area contributed by atoms with E-state index in [4.69, 9.17) is 9.97 Å². The molecule has 5 rings (SSSR count). The molecule has 3 aromatic carbocycles. The molecular weight excluding hydrogens is 514 g/mol. The Labute approximate surface area is 241 Å². The summed E-state index contributed by atoms with van der Waals surface area (Å²) in [5.74, 6) is 2.04. The van der Waals surface area contributed by atoms with Crippen molar-refractivity contribution in [3.05, 3.63) is 108 Å². The minimum atomic E-state index is -0.0310. The van der Waals surface area contributed by atoms with E-state index >= 15 is 0 Å². The molecule has 1 N–H and O–H groups in total. The van der Waals surface area contributed by atoms with E-state index in [2.05, 4.69) is 83.6 Å². The van der Waals surface area contributed by atoms with Crippen molar-refractivity contribution in [1.82, 2.24) is 20.2 Å². The van der Waals surface area contributed by atoms with E-state index in [1.54, 1.807) is 11.8 Å². The molecular formula is C33H37N5OS. The van der Waals surface area contributed by atoms with E-state index in [1.165, 1.54) is 5.56 Å². The molecule has 0 radical (unpaired) electrons. The van der Waals surface area contributed by atoms with Crippen LogP contribution in [0.3, 0.4) is 0 Å². The standard InChI is InChI=1S/C33H37N5OS/c1-25(2)22-34-32(39)29-15-9-12-27(20-29)24-40-33-35-30(28-13-7-4-8-14-28)21-31(36-33)38-18-16-37(17-19-38)23-26-10-5-3-6-11-26/h3-15,20-21,25H,16-19,22-24H2,1-2H3,(H,34,39). The molecule has 1 saturated heterocycles. The van der Waals surface area contributed by atoms with Crippen LogP contribution in [-0.4, -0.2) is 53.5 Å². The van der Waals surface area contributed by atoms with E-state index in [9.17, 15) is 4.79 Å². The molecule has 0 atom stereocenters. The van der Waals surface area contributed by atoms with Crippen molar-refractivity contribution in [2.24, 2.45) is 5.92 Å². The Morgan fingerprint density at radius 3 is 2.27 bits per heavy atom. The number of aromatic nitrogens is 2. The lowest BCUT2D eigenvalue weighted by atomic mass is 10.1. The van der Waals surface area contributed by atoms with Crippen LogP contribution in [0.2, 0.25) is 0 Å². The molecule has 1 fully saturated rings. The fraction of sp³-hybridized carbons (Fsp3) is 0.303. The molecule has 1 aliphatic rings. The summed E-state index contributed by atoms with van der Waals surface area (Å²) >= 11 is 1.61. The topological polar surface area (TPSA) is 61.4 Å². The Balaban J connectivity index is 1.29. The summed E-state index contributed by atoms with van der Waals surface area (Å²) in [7, 11) is 0. The Kier molecular flexibility index (Phi) is 9.47. The number of carbonyl (C=O) groups excluding carboxylic acids is 1. The van der Waals surface area contributed by atoms with Crippen LogP contribution < -0.4 is 10.2 Å². The molecule has 6 nitrogen and oxygen atoms in total. The van der Waals surface area contributed by atoms with E-state index in [0.717, 1.165) is 60.5 Å². The summed E-state index contributed by atoms with van der Waals surface area (Å²) in [6.45, 7) is 9.67. The third-order valence-corrected chi connectivity index (χ3v) is 7.85. The quantitative estimate of drug-likeness (QED) is 0.189. The van der Waals surface area contributed by atoms with Crippen molar-refractivity contribution in [3.8, 4) is 11.3 Å². The molecule has 0 bridgehead atoms. The van der Waals surface area contributed by atoms with Crippen molar-refractivity contribution in [2.75, 3.05) is 37.6 Å². The first-order valence-electron chi connectivity index (χ1n) is 14.0. The summed E-state index contributed by atoms with van der Waals surface area (Å²) in [6, 6.07) is 30.9. The van der Waals surface area contributed by atoms with Gasteiger partial charge in [0.2, 0.25) is 0 Å². The van der Waals surface area contributed by atoms with Crippen molar-refractivity contribution in [2.45, 2.75) is 31.3 Å². The van der Waals surface area contributed by atoms with Gasteiger partial charge in [0.15, 0.2) is 5.16 Å². The molecule has 7 heteroatoms. The number of carbonyl (C=O) groups is 1. The zero-order valence-electron chi connectivity index (χ0n) is 23.3. The second kappa shape index (κ2) is 13.6. The third-order valence-electron chi connectivity index (χ3n) is 6.93. The zero-order chi connectivity index (χ0) is 27.7. The van der Waals surface area contributed by atoms with E-state index < -0.39 is 0 Å². The van der Waals surface area contributed by atoms with Crippen LogP contribution in [0.15, 0.2) is 96.2 Å². The van der Waals surface area contributed by atoms with Gasteiger partial charge in [0.25, 0.3) is 5.91 Å². The Morgan fingerprint density at radius 1 is 0.850 bits per heavy atom. The monoisotopic (exact) mass is 551 g/mol. The largest absolute Gasteiger partial charge is 0.354 e. The first-order valence-corrected chi connectivity index (χ1v) is 15.0. The van der Waals surface area contributed by atoms with Crippen molar-refractivity contribution in [1.29, 1.82) is 0 Å². The van der Waals surface area contributed by atoms with E-state index in [0.29, 0.717) is 23.8 Å². The SMILES string of the molecule is CC(C)CNC(=O)c1cccc(CSc2nc(-c3ccccc3)cc(N3CCN(Cc4ccccc4)CC3)n2)c1. The number of anilines is 1. The molecule has 0 unspecified atom stereocenters. The van der Waals surface area contributed by atoms with Gasteiger partial charge >= 0.3 is 0 Å². The van der Waals surface area contributed by atoms with Gasteiger partial charge in [0.05, 0.1) is 5.69 Å². The van der Waals surface area contributed by atoms with Gasteiger partial charge in [-0.25, -0.2) is 9.97 Å². The summed E-state index contributed by atoms with van der Waals surface area (Å²) in [4.78, 5) is 27.4. The second-order valence-corrected chi connectivity index (χ2v) is 11.5. The van der Waals surface area contributed by atoms with Crippen LogP contribution >= 0.6 is 11.8 Å². The zero-order valence-corrected chi connectivity index (χ0v) is 24.1. The molecule has 1 amide bonds. The summed E-state index contributed by atoms with van der Waals surface area (Å²) in [6.07, 6.45) is 0. The van der Waals surface area contributed by atoms with Crippen LogP contribution in [-0.2, 0) is 12.3 Å². The third kappa shape index (κ3) is 7.71. The Hall–Kier alpha value is -3.68. The van der Waals surface area contributed by atoms with Gasteiger partial charge in [-0.1, -0.05) is 98.4 Å². The molecule has 4 aromatic rings. The lowest BCUT2D eigenvalue weighted by Gasteiger charge is -2.35. The highest BCUT2D eigenvalue weighted by Crippen LogP contribution is 2.28. The van der Waals surface area contributed by atoms with Crippen molar-refractivity contribution >= 4 is 23.5 Å². The molecule has 0 saturated carbocycles. The second-order valence-electron chi connectivity index (χ2n) is 10.6. The van der Waals surface area contributed by atoms with Crippen LogP contribution in [0.4, 0.5) is 5.82 Å². The average Bonchev–Trinajstić information content (AvgIpc) is 3.00. The number of benzene rings is 3. The highest BCUT2D eigenvalue weighted by atomic mass is 32.2. The Bertz CT molecular complexity index is 1390. The highest BCUT2D eigenvalue weighted by molar-refractivity contribution is 7.98. The maximum atomic E-state index is 12.6. The van der Waals surface area contributed by atoms with E-state index in [1.807, 2.05) is 36.4 Å². The number of piperazine rings is 1. The van der Waals surface area contributed by atoms with Gasteiger partial charge in [0.1, 0.15) is 5.82 Å². The van der Waals surface area contributed by atoms with Crippen LogP contribution in [0, 0.1) is 5.92 Å². The number of nitrogens with one attached hydrogen (secondary N) is 1. The highest BCUT2D eigenvalue weighted by Gasteiger charge is 2.20. The van der Waals surface area contributed by atoms with Crippen LogP contribution in [0.25, 0.3) is 11.3 Å². The van der Waals surface area contributed by atoms with Gasteiger partial charge < -0.3 is 10.2 Å². The first kappa shape index (κ1) is 27.9.